The average molecular weight is 266 g/mol. The van der Waals surface area contributed by atoms with E-state index in [9.17, 15) is 0 Å². The van der Waals surface area contributed by atoms with Crippen LogP contribution in [0, 0.1) is 12.8 Å². The minimum absolute atomic E-state index is 0.690. The number of rotatable bonds is 3. The Kier molecular flexibility index (Phi) is 5.08. The van der Waals surface area contributed by atoms with E-state index in [1.165, 1.54) is 37.7 Å². The molecule has 2 heteroatoms. The predicted octanol–water partition coefficient (Wildman–Crippen LogP) is 4.71. The van der Waals surface area contributed by atoms with Crippen LogP contribution in [0.3, 0.4) is 0 Å². The van der Waals surface area contributed by atoms with Crippen molar-refractivity contribution >= 4 is 11.6 Å². The lowest BCUT2D eigenvalue weighted by Gasteiger charge is -2.16. The molecule has 1 aromatic carbocycles. The van der Waals surface area contributed by atoms with E-state index in [1.807, 2.05) is 6.92 Å². The van der Waals surface area contributed by atoms with Crippen LogP contribution in [0.4, 0.5) is 0 Å². The van der Waals surface area contributed by atoms with Crippen molar-refractivity contribution in [1.82, 2.24) is 5.32 Å². The first-order valence-corrected chi connectivity index (χ1v) is 7.51. The van der Waals surface area contributed by atoms with Crippen molar-refractivity contribution in [3.63, 3.8) is 0 Å². The molecule has 0 aliphatic heterocycles. The van der Waals surface area contributed by atoms with Crippen molar-refractivity contribution in [2.24, 2.45) is 5.92 Å². The Labute approximate surface area is 116 Å². The van der Waals surface area contributed by atoms with Crippen molar-refractivity contribution in [3.8, 4) is 0 Å². The summed E-state index contributed by atoms with van der Waals surface area (Å²) >= 11 is 6.15. The molecule has 0 amide bonds. The second-order valence-corrected chi connectivity index (χ2v) is 6.18. The van der Waals surface area contributed by atoms with Gasteiger partial charge in [-0.2, -0.15) is 0 Å². The highest BCUT2D eigenvalue weighted by Gasteiger charge is 2.15. The van der Waals surface area contributed by atoms with E-state index in [0.29, 0.717) is 6.04 Å². The largest absolute Gasteiger partial charge is 0.310 e. The van der Waals surface area contributed by atoms with Gasteiger partial charge in [-0.05, 0) is 49.3 Å². The lowest BCUT2D eigenvalue weighted by molar-refractivity contribution is 0.447. The lowest BCUT2D eigenvalue weighted by Crippen LogP contribution is -2.27. The molecule has 1 N–H and O–H groups in total. The van der Waals surface area contributed by atoms with Gasteiger partial charge >= 0.3 is 0 Å². The molecule has 2 unspecified atom stereocenters. The lowest BCUT2D eigenvalue weighted by atomic mass is 10.0. The average Bonchev–Trinajstić information content (AvgIpc) is 2.56. The van der Waals surface area contributed by atoms with Crippen LogP contribution in [0.25, 0.3) is 0 Å². The molecule has 0 radical (unpaired) electrons. The van der Waals surface area contributed by atoms with E-state index >= 15 is 0 Å². The monoisotopic (exact) mass is 265 g/mol. The van der Waals surface area contributed by atoms with E-state index < -0.39 is 0 Å². The van der Waals surface area contributed by atoms with Crippen molar-refractivity contribution < 1.29 is 0 Å². The Bertz CT molecular complexity index is 389. The molecular weight excluding hydrogens is 242 g/mol. The van der Waals surface area contributed by atoms with Crippen molar-refractivity contribution in [3.05, 3.63) is 34.3 Å². The predicted molar refractivity (Wildman–Crippen MR) is 79.1 cm³/mol. The zero-order valence-electron chi connectivity index (χ0n) is 11.5. The van der Waals surface area contributed by atoms with Crippen LogP contribution in [0.5, 0.6) is 0 Å². The van der Waals surface area contributed by atoms with Crippen LogP contribution in [-0.4, -0.2) is 6.04 Å². The fourth-order valence-corrected chi connectivity index (χ4v) is 2.90. The summed E-state index contributed by atoms with van der Waals surface area (Å²) in [6.07, 6.45) is 6.78. The highest BCUT2D eigenvalue weighted by Crippen LogP contribution is 2.23. The molecule has 1 aliphatic carbocycles. The number of hydrogen-bond donors (Lipinski definition) is 1. The van der Waals surface area contributed by atoms with Crippen molar-refractivity contribution in [2.75, 3.05) is 0 Å². The molecule has 0 heterocycles. The third kappa shape index (κ3) is 4.00. The number of halogens is 1. The van der Waals surface area contributed by atoms with Crippen LogP contribution in [0.1, 0.15) is 50.2 Å². The van der Waals surface area contributed by atoms with Gasteiger partial charge in [0.25, 0.3) is 0 Å². The molecule has 1 aromatic rings. The maximum absolute atomic E-state index is 6.15. The summed E-state index contributed by atoms with van der Waals surface area (Å²) in [4.78, 5) is 0. The number of hydrogen-bond acceptors (Lipinski definition) is 1. The Morgan fingerprint density at radius 1 is 1.22 bits per heavy atom. The van der Waals surface area contributed by atoms with Gasteiger partial charge in [-0.15, -0.1) is 0 Å². The molecule has 18 heavy (non-hydrogen) atoms. The Morgan fingerprint density at radius 3 is 2.83 bits per heavy atom. The molecule has 2 atom stereocenters. The van der Waals surface area contributed by atoms with Gasteiger partial charge in [0.2, 0.25) is 0 Å². The minimum atomic E-state index is 0.690. The molecule has 0 saturated heterocycles. The van der Waals surface area contributed by atoms with Gasteiger partial charge in [-0.1, -0.05) is 43.5 Å². The third-order valence-corrected chi connectivity index (χ3v) is 4.50. The normalized spacial score (nSPS) is 24.8. The molecule has 0 aromatic heterocycles. The second kappa shape index (κ2) is 6.58. The Balaban J connectivity index is 1.85. The van der Waals surface area contributed by atoms with Gasteiger partial charge in [0.05, 0.1) is 0 Å². The highest BCUT2D eigenvalue weighted by atomic mass is 35.5. The fourth-order valence-electron chi connectivity index (χ4n) is 2.70. The maximum Gasteiger partial charge on any atom is 0.0438 e. The zero-order chi connectivity index (χ0) is 13.0. The molecule has 0 bridgehead atoms. The third-order valence-electron chi connectivity index (χ3n) is 4.09. The minimum Gasteiger partial charge on any atom is -0.310 e. The van der Waals surface area contributed by atoms with Gasteiger partial charge < -0.3 is 5.32 Å². The summed E-state index contributed by atoms with van der Waals surface area (Å²) in [5.41, 5.74) is 2.45. The second-order valence-electron chi connectivity index (χ2n) is 5.77. The molecule has 1 fully saturated rings. The summed E-state index contributed by atoms with van der Waals surface area (Å²) < 4.78 is 0. The maximum atomic E-state index is 6.15. The highest BCUT2D eigenvalue weighted by molar-refractivity contribution is 6.31. The molecule has 1 aliphatic rings. The molecule has 1 nitrogen and oxygen atoms in total. The topological polar surface area (TPSA) is 12.0 Å². The van der Waals surface area contributed by atoms with Gasteiger partial charge in [0.1, 0.15) is 0 Å². The quantitative estimate of drug-likeness (QED) is 0.781. The first kappa shape index (κ1) is 13.9. The van der Waals surface area contributed by atoms with E-state index in [4.69, 9.17) is 11.6 Å². The van der Waals surface area contributed by atoms with Gasteiger partial charge in [-0.3, -0.25) is 0 Å². The first-order valence-electron chi connectivity index (χ1n) is 7.13. The summed E-state index contributed by atoms with van der Waals surface area (Å²) in [6.45, 7) is 5.37. The first-order chi connectivity index (χ1) is 8.65. The van der Waals surface area contributed by atoms with Crippen molar-refractivity contribution in [1.29, 1.82) is 0 Å². The van der Waals surface area contributed by atoms with Crippen molar-refractivity contribution in [2.45, 2.75) is 58.5 Å². The van der Waals surface area contributed by atoms with E-state index in [2.05, 4.69) is 30.4 Å². The SMILES string of the molecule is Cc1ccc(CNC2CCCC(C)CC2)cc1Cl. The van der Waals surface area contributed by atoms with Crippen LogP contribution in [0.15, 0.2) is 18.2 Å². The number of aryl methyl sites for hydroxylation is 1. The standard InChI is InChI=1S/C16H24ClN/c1-12-4-3-5-15(9-6-12)18-11-14-8-7-13(2)16(17)10-14/h7-8,10,12,15,18H,3-6,9,11H2,1-2H3. The van der Waals surface area contributed by atoms with Gasteiger partial charge in [-0.25, -0.2) is 0 Å². The van der Waals surface area contributed by atoms with Crippen LogP contribution in [0.2, 0.25) is 5.02 Å². The van der Waals surface area contributed by atoms with Crippen LogP contribution < -0.4 is 5.32 Å². The summed E-state index contributed by atoms with van der Waals surface area (Å²) in [5, 5.41) is 4.56. The van der Waals surface area contributed by atoms with E-state index in [-0.39, 0.29) is 0 Å². The van der Waals surface area contributed by atoms with Crippen LogP contribution in [-0.2, 0) is 6.54 Å². The summed E-state index contributed by atoms with van der Waals surface area (Å²) in [7, 11) is 0. The molecule has 0 spiro atoms. The molecule has 100 valence electrons. The van der Waals surface area contributed by atoms with Crippen LogP contribution >= 0.6 is 11.6 Å². The molecular formula is C16H24ClN. The smallest absolute Gasteiger partial charge is 0.0438 e. The van der Waals surface area contributed by atoms with Gasteiger partial charge in [0, 0.05) is 17.6 Å². The summed E-state index contributed by atoms with van der Waals surface area (Å²) in [5.74, 6) is 0.908. The Morgan fingerprint density at radius 2 is 2.06 bits per heavy atom. The van der Waals surface area contributed by atoms with Gasteiger partial charge in [0.15, 0.2) is 0 Å². The van der Waals surface area contributed by atoms with E-state index in [0.717, 1.165) is 23.0 Å². The zero-order valence-corrected chi connectivity index (χ0v) is 12.3. The Hall–Kier alpha value is -0.530. The van der Waals surface area contributed by atoms with E-state index in [1.54, 1.807) is 0 Å². The number of benzene rings is 1. The summed E-state index contributed by atoms with van der Waals surface area (Å²) in [6, 6.07) is 7.06. The number of nitrogens with one attached hydrogen (secondary N) is 1. The molecule has 2 rings (SSSR count). The molecule has 1 saturated carbocycles. The fraction of sp³-hybridized carbons (Fsp3) is 0.625.